The van der Waals surface area contributed by atoms with Gasteiger partial charge in [-0.15, -0.1) is 0 Å². The van der Waals surface area contributed by atoms with E-state index in [1.165, 1.54) is 18.5 Å². The maximum absolute atomic E-state index is 12.4. The summed E-state index contributed by atoms with van der Waals surface area (Å²) in [7, 11) is 0. The number of benzene rings is 1. The van der Waals surface area contributed by atoms with Crippen LogP contribution in [0.25, 0.3) is 0 Å². The lowest BCUT2D eigenvalue weighted by Gasteiger charge is -2.24. The standard InChI is InChI=1S/C17H25N3O2/c1-13-11-14(19-8-2-3-9-19)6-7-16(13)18-17(22)20-10-4-5-15(20)12-21/h6-7,11,15,21H,2-5,8-10,12H2,1H3,(H,18,22)/t15-/m0/s1. The molecule has 2 N–H and O–H groups in total. The molecular weight excluding hydrogens is 278 g/mol. The number of amides is 2. The number of nitrogens with one attached hydrogen (secondary N) is 1. The number of hydrogen-bond acceptors (Lipinski definition) is 3. The van der Waals surface area contributed by atoms with Crippen LogP contribution in [0.4, 0.5) is 16.2 Å². The van der Waals surface area contributed by atoms with Crippen molar-refractivity contribution in [1.29, 1.82) is 0 Å². The van der Waals surface area contributed by atoms with E-state index in [2.05, 4.69) is 22.3 Å². The molecule has 1 atom stereocenters. The molecule has 1 aromatic carbocycles. The maximum atomic E-state index is 12.4. The molecular formula is C17H25N3O2. The Labute approximate surface area is 131 Å². The Morgan fingerprint density at radius 1 is 1.27 bits per heavy atom. The molecule has 2 aliphatic heterocycles. The van der Waals surface area contributed by atoms with E-state index in [1.807, 2.05) is 13.0 Å². The molecule has 0 unspecified atom stereocenters. The smallest absolute Gasteiger partial charge is 0.322 e. The molecule has 0 aromatic heterocycles. The number of carbonyl (C=O) groups is 1. The first-order valence-electron chi connectivity index (χ1n) is 8.23. The summed E-state index contributed by atoms with van der Waals surface area (Å²) >= 11 is 0. The van der Waals surface area contributed by atoms with E-state index >= 15 is 0 Å². The van der Waals surface area contributed by atoms with Crippen LogP contribution in [0.2, 0.25) is 0 Å². The van der Waals surface area contributed by atoms with Crippen molar-refractivity contribution in [3.8, 4) is 0 Å². The van der Waals surface area contributed by atoms with Crippen molar-refractivity contribution in [1.82, 2.24) is 4.90 Å². The molecule has 0 saturated carbocycles. The van der Waals surface area contributed by atoms with Crippen molar-refractivity contribution >= 4 is 17.4 Å². The highest BCUT2D eigenvalue weighted by Crippen LogP contribution is 2.26. The zero-order valence-electron chi connectivity index (χ0n) is 13.2. The predicted molar refractivity (Wildman–Crippen MR) is 88.5 cm³/mol. The number of aliphatic hydroxyl groups excluding tert-OH is 1. The van der Waals surface area contributed by atoms with Gasteiger partial charge in [-0.1, -0.05) is 0 Å². The molecule has 2 amide bonds. The minimum Gasteiger partial charge on any atom is -0.394 e. The van der Waals surface area contributed by atoms with Gasteiger partial charge in [0.2, 0.25) is 0 Å². The van der Waals surface area contributed by atoms with Crippen LogP contribution in [0.1, 0.15) is 31.2 Å². The van der Waals surface area contributed by atoms with Gasteiger partial charge < -0.3 is 20.2 Å². The van der Waals surface area contributed by atoms with E-state index in [0.29, 0.717) is 0 Å². The number of nitrogens with zero attached hydrogens (tertiary/aromatic N) is 2. The topological polar surface area (TPSA) is 55.8 Å². The van der Waals surface area contributed by atoms with Gasteiger partial charge >= 0.3 is 6.03 Å². The molecule has 1 aromatic rings. The predicted octanol–water partition coefficient (Wildman–Crippen LogP) is 2.58. The highest BCUT2D eigenvalue weighted by Gasteiger charge is 2.28. The number of aliphatic hydroxyl groups is 1. The number of carbonyl (C=O) groups excluding carboxylic acids is 1. The van der Waals surface area contributed by atoms with Crippen molar-refractivity contribution < 1.29 is 9.90 Å². The summed E-state index contributed by atoms with van der Waals surface area (Å²) in [5.41, 5.74) is 3.18. The molecule has 3 rings (SSSR count). The number of rotatable bonds is 3. The summed E-state index contributed by atoms with van der Waals surface area (Å²) in [5.74, 6) is 0. The number of hydrogen-bond donors (Lipinski definition) is 2. The van der Waals surface area contributed by atoms with E-state index in [4.69, 9.17) is 0 Å². The highest BCUT2D eigenvalue weighted by molar-refractivity contribution is 5.90. The third-order valence-electron chi connectivity index (χ3n) is 4.77. The van der Waals surface area contributed by atoms with Gasteiger partial charge in [0, 0.05) is 31.0 Å². The highest BCUT2D eigenvalue weighted by atomic mass is 16.3. The normalized spacial score (nSPS) is 21.5. The zero-order chi connectivity index (χ0) is 15.5. The molecule has 0 spiro atoms. The third kappa shape index (κ3) is 3.04. The van der Waals surface area contributed by atoms with Crippen LogP contribution < -0.4 is 10.2 Å². The SMILES string of the molecule is Cc1cc(N2CCCC2)ccc1NC(=O)N1CCC[C@H]1CO. The average Bonchev–Trinajstić information content (AvgIpc) is 3.20. The fourth-order valence-electron chi connectivity index (χ4n) is 3.44. The number of anilines is 2. The Balaban J connectivity index is 1.68. The van der Waals surface area contributed by atoms with Crippen LogP contribution in [-0.4, -0.2) is 48.3 Å². The summed E-state index contributed by atoms with van der Waals surface area (Å²) in [5, 5.41) is 12.3. The van der Waals surface area contributed by atoms with Gasteiger partial charge in [-0.05, 0) is 56.4 Å². The number of urea groups is 1. The van der Waals surface area contributed by atoms with Crippen LogP contribution in [0.15, 0.2) is 18.2 Å². The zero-order valence-corrected chi connectivity index (χ0v) is 13.2. The quantitative estimate of drug-likeness (QED) is 0.902. The number of likely N-dealkylation sites (tertiary alicyclic amines) is 1. The minimum atomic E-state index is -0.103. The molecule has 22 heavy (non-hydrogen) atoms. The molecule has 2 aliphatic rings. The average molecular weight is 303 g/mol. The van der Waals surface area contributed by atoms with E-state index in [1.54, 1.807) is 4.90 Å². The fraction of sp³-hybridized carbons (Fsp3) is 0.588. The van der Waals surface area contributed by atoms with Gasteiger partial charge in [0.15, 0.2) is 0 Å². The van der Waals surface area contributed by atoms with Gasteiger partial charge in [0.1, 0.15) is 0 Å². The van der Waals surface area contributed by atoms with E-state index < -0.39 is 0 Å². The lowest BCUT2D eigenvalue weighted by Crippen LogP contribution is -2.40. The van der Waals surface area contributed by atoms with E-state index in [-0.39, 0.29) is 18.7 Å². The first kappa shape index (κ1) is 15.2. The van der Waals surface area contributed by atoms with Crippen LogP contribution in [0.5, 0.6) is 0 Å². The lowest BCUT2D eigenvalue weighted by atomic mass is 10.1. The van der Waals surface area contributed by atoms with Crippen molar-refractivity contribution in [3.63, 3.8) is 0 Å². The van der Waals surface area contributed by atoms with E-state index in [0.717, 1.165) is 43.7 Å². The molecule has 120 valence electrons. The van der Waals surface area contributed by atoms with Crippen LogP contribution >= 0.6 is 0 Å². The first-order valence-corrected chi connectivity index (χ1v) is 8.23. The molecule has 0 aliphatic carbocycles. The second kappa shape index (κ2) is 6.57. The molecule has 2 fully saturated rings. The summed E-state index contributed by atoms with van der Waals surface area (Å²) in [6, 6.07) is 6.08. The van der Waals surface area contributed by atoms with Crippen LogP contribution in [0, 0.1) is 6.92 Å². The Bertz CT molecular complexity index is 541. The largest absolute Gasteiger partial charge is 0.394 e. The van der Waals surface area contributed by atoms with Gasteiger partial charge in [0.05, 0.1) is 12.6 Å². The monoisotopic (exact) mass is 303 g/mol. The molecule has 0 bridgehead atoms. The molecule has 5 nitrogen and oxygen atoms in total. The maximum Gasteiger partial charge on any atom is 0.322 e. The number of aryl methyl sites for hydroxylation is 1. The molecule has 0 radical (unpaired) electrons. The fourth-order valence-corrected chi connectivity index (χ4v) is 3.44. The van der Waals surface area contributed by atoms with Crippen LogP contribution in [0.3, 0.4) is 0 Å². The van der Waals surface area contributed by atoms with Gasteiger partial charge in [-0.25, -0.2) is 4.79 Å². The second-order valence-corrected chi connectivity index (χ2v) is 6.30. The Kier molecular flexibility index (Phi) is 4.52. The van der Waals surface area contributed by atoms with Crippen molar-refractivity contribution in [2.24, 2.45) is 0 Å². The Morgan fingerprint density at radius 2 is 2.05 bits per heavy atom. The summed E-state index contributed by atoms with van der Waals surface area (Å²) < 4.78 is 0. The minimum absolute atomic E-state index is 0.0378. The Morgan fingerprint density at radius 3 is 2.73 bits per heavy atom. The lowest BCUT2D eigenvalue weighted by molar-refractivity contribution is 0.166. The molecule has 2 saturated heterocycles. The molecule has 5 heteroatoms. The van der Waals surface area contributed by atoms with Crippen molar-refractivity contribution in [3.05, 3.63) is 23.8 Å². The van der Waals surface area contributed by atoms with Gasteiger partial charge in [0.25, 0.3) is 0 Å². The van der Waals surface area contributed by atoms with Gasteiger partial charge in [-0.3, -0.25) is 0 Å². The van der Waals surface area contributed by atoms with Crippen molar-refractivity contribution in [2.45, 2.75) is 38.6 Å². The van der Waals surface area contributed by atoms with Crippen molar-refractivity contribution in [2.75, 3.05) is 36.5 Å². The second-order valence-electron chi connectivity index (χ2n) is 6.30. The Hall–Kier alpha value is -1.75. The van der Waals surface area contributed by atoms with E-state index in [9.17, 15) is 9.90 Å². The summed E-state index contributed by atoms with van der Waals surface area (Å²) in [6.45, 7) is 5.04. The molecule has 2 heterocycles. The summed E-state index contributed by atoms with van der Waals surface area (Å²) in [6.07, 6.45) is 4.37. The first-order chi connectivity index (χ1) is 10.7. The van der Waals surface area contributed by atoms with Crippen LogP contribution in [-0.2, 0) is 0 Å². The van der Waals surface area contributed by atoms with Gasteiger partial charge in [-0.2, -0.15) is 0 Å². The summed E-state index contributed by atoms with van der Waals surface area (Å²) in [4.78, 5) is 16.5. The third-order valence-corrected chi connectivity index (χ3v) is 4.77.